The number of piperidine rings is 2. The van der Waals surface area contributed by atoms with E-state index in [1.165, 1.54) is 18.4 Å². The van der Waals surface area contributed by atoms with E-state index in [-0.39, 0.29) is 12.0 Å². The number of nitrogens with zero attached hydrogens (tertiary/aromatic N) is 3. The number of carbonyl (C=O) groups excluding carboxylic acids is 1. The lowest BCUT2D eigenvalue weighted by atomic mass is 9.96. The summed E-state index contributed by atoms with van der Waals surface area (Å²) in [5.41, 5.74) is 1.31. The Morgan fingerprint density at radius 3 is 2.73 bits per heavy atom. The van der Waals surface area contributed by atoms with E-state index < -0.39 is 0 Å². The monoisotopic (exact) mass is 417 g/mol. The summed E-state index contributed by atoms with van der Waals surface area (Å²) >= 11 is 0. The highest BCUT2D eigenvalue weighted by molar-refractivity contribution is 5.78. The molecule has 2 heterocycles. The summed E-state index contributed by atoms with van der Waals surface area (Å²) in [6.07, 6.45) is 4.81. The second-order valence-electron chi connectivity index (χ2n) is 8.85. The highest BCUT2D eigenvalue weighted by Gasteiger charge is 2.25. The third-order valence-corrected chi connectivity index (χ3v) is 6.58. The summed E-state index contributed by atoms with van der Waals surface area (Å²) in [7, 11) is 1.71. The van der Waals surface area contributed by atoms with Crippen LogP contribution in [0.5, 0.6) is 5.75 Å². The number of methoxy groups -OCH3 is 1. The summed E-state index contributed by atoms with van der Waals surface area (Å²) in [5, 5.41) is 9.67. The maximum Gasteiger partial charge on any atom is 0.236 e. The molecule has 2 saturated heterocycles. The van der Waals surface area contributed by atoms with Gasteiger partial charge in [0.25, 0.3) is 0 Å². The van der Waals surface area contributed by atoms with E-state index in [2.05, 4.69) is 34.9 Å². The van der Waals surface area contributed by atoms with Gasteiger partial charge in [-0.25, -0.2) is 0 Å². The molecule has 0 spiro atoms. The molecule has 6 heteroatoms. The van der Waals surface area contributed by atoms with Gasteiger partial charge in [-0.1, -0.05) is 12.1 Å². The minimum Gasteiger partial charge on any atom is -0.497 e. The van der Waals surface area contributed by atoms with Crippen molar-refractivity contribution in [2.24, 2.45) is 5.92 Å². The second-order valence-corrected chi connectivity index (χ2v) is 8.85. The molecule has 1 aromatic rings. The van der Waals surface area contributed by atoms with Gasteiger partial charge in [-0.3, -0.25) is 9.69 Å². The molecule has 0 saturated carbocycles. The molecule has 3 rings (SSSR count). The molecular formula is C24H39N3O3. The van der Waals surface area contributed by atoms with Gasteiger partial charge in [-0.05, 0) is 69.2 Å². The van der Waals surface area contributed by atoms with Crippen LogP contribution in [0, 0.1) is 5.92 Å². The van der Waals surface area contributed by atoms with Crippen molar-refractivity contribution in [1.82, 2.24) is 14.7 Å². The normalized spacial score (nSPS) is 21.5. The van der Waals surface area contributed by atoms with Crippen molar-refractivity contribution in [3.05, 3.63) is 29.8 Å². The van der Waals surface area contributed by atoms with Crippen molar-refractivity contribution in [2.75, 3.05) is 59.5 Å². The van der Waals surface area contributed by atoms with E-state index in [0.29, 0.717) is 12.5 Å². The molecule has 2 aliphatic heterocycles. The van der Waals surface area contributed by atoms with Crippen molar-refractivity contribution < 1.29 is 14.6 Å². The van der Waals surface area contributed by atoms with Crippen LogP contribution < -0.4 is 4.74 Å². The molecule has 168 valence electrons. The average Bonchev–Trinajstić information content (AvgIpc) is 2.78. The Hall–Kier alpha value is -1.63. The Labute approximate surface area is 181 Å². The van der Waals surface area contributed by atoms with Crippen molar-refractivity contribution >= 4 is 5.91 Å². The van der Waals surface area contributed by atoms with E-state index in [0.717, 1.165) is 70.8 Å². The molecule has 0 bridgehead atoms. The van der Waals surface area contributed by atoms with Crippen LogP contribution in [0.15, 0.2) is 24.3 Å². The first-order chi connectivity index (χ1) is 14.6. The van der Waals surface area contributed by atoms with Crippen molar-refractivity contribution in [1.29, 1.82) is 0 Å². The van der Waals surface area contributed by atoms with Crippen molar-refractivity contribution in [3.8, 4) is 5.75 Å². The lowest BCUT2D eigenvalue weighted by Gasteiger charge is -2.36. The minimum atomic E-state index is -0.191. The number of likely N-dealkylation sites (N-methyl/N-ethyl adjacent to an activating group) is 1. The Morgan fingerprint density at radius 2 is 2.00 bits per heavy atom. The fourth-order valence-corrected chi connectivity index (χ4v) is 4.71. The van der Waals surface area contributed by atoms with Crippen LogP contribution in [0.3, 0.4) is 0 Å². The first-order valence-electron chi connectivity index (χ1n) is 11.6. The number of hydrogen-bond donors (Lipinski definition) is 1. The van der Waals surface area contributed by atoms with E-state index >= 15 is 0 Å². The molecule has 1 amide bonds. The molecule has 1 aromatic carbocycles. The number of aliphatic hydroxyl groups is 1. The molecule has 2 aliphatic rings. The van der Waals surface area contributed by atoms with Crippen LogP contribution in [-0.2, 0) is 11.2 Å². The molecule has 1 N–H and O–H groups in total. The number of likely N-dealkylation sites (tertiary alicyclic amines) is 2. The Kier molecular flexibility index (Phi) is 8.97. The molecule has 1 atom stereocenters. The SMILES string of the molecule is CCN(C[C@@H]1CCCN(CCc2cccc(OC)c2)C1)C(=O)CN1CCC(O)CC1. The quantitative estimate of drug-likeness (QED) is 0.668. The zero-order valence-electron chi connectivity index (χ0n) is 18.8. The average molecular weight is 418 g/mol. The first kappa shape index (κ1) is 23.0. The van der Waals surface area contributed by atoms with E-state index in [4.69, 9.17) is 4.74 Å². The highest BCUT2D eigenvalue weighted by Crippen LogP contribution is 2.20. The van der Waals surface area contributed by atoms with Gasteiger partial charge in [0.05, 0.1) is 19.8 Å². The van der Waals surface area contributed by atoms with E-state index in [1.54, 1.807) is 7.11 Å². The molecule has 0 aromatic heterocycles. The Bertz CT molecular complexity index is 661. The zero-order chi connectivity index (χ0) is 21.3. The Morgan fingerprint density at radius 1 is 1.20 bits per heavy atom. The maximum atomic E-state index is 12.8. The van der Waals surface area contributed by atoms with Gasteiger partial charge in [0.1, 0.15) is 5.75 Å². The van der Waals surface area contributed by atoms with Gasteiger partial charge in [-0.15, -0.1) is 0 Å². The first-order valence-corrected chi connectivity index (χ1v) is 11.6. The lowest BCUT2D eigenvalue weighted by molar-refractivity contribution is -0.133. The standard InChI is InChI=1S/C24H39N3O3/c1-3-27(24(29)19-26-14-10-22(28)11-15-26)18-21-7-5-12-25(17-21)13-9-20-6-4-8-23(16-20)30-2/h4,6,8,16,21-22,28H,3,5,7,9-15,17-19H2,1-2H3/t21-/m1/s1. The van der Waals surface area contributed by atoms with Crippen LogP contribution >= 0.6 is 0 Å². The van der Waals surface area contributed by atoms with Crippen molar-refractivity contribution in [2.45, 2.75) is 45.1 Å². The fraction of sp³-hybridized carbons (Fsp3) is 0.708. The molecule has 0 unspecified atom stereocenters. The molecule has 0 radical (unpaired) electrons. The maximum absolute atomic E-state index is 12.8. The smallest absolute Gasteiger partial charge is 0.236 e. The van der Waals surface area contributed by atoms with Crippen LogP contribution in [0.1, 0.15) is 38.2 Å². The number of rotatable bonds is 9. The van der Waals surface area contributed by atoms with Crippen LogP contribution in [-0.4, -0.2) is 91.3 Å². The van der Waals surface area contributed by atoms with Crippen molar-refractivity contribution in [3.63, 3.8) is 0 Å². The summed E-state index contributed by atoms with van der Waals surface area (Å²) in [6, 6.07) is 8.34. The predicted molar refractivity (Wildman–Crippen MR) is 120 cm³/mol. The number of ether oxygens (including phenoxy) is 1. The number of hydrogen-bond acceptors (Lipinski definition) is 5. The highest BCUT2D eigenvalue weighted by atomic mass is 16.5. The van der Waals surface area contributed by atoms with Crippen LogP contribution in [0.4, 0.5) is 0 Å². The van der Waals surface area contributed by atoms with Gasteiger partial charge in [0, 0.05) is 39.3 Å². The molecule has 6 nitrogen and oxygen atoms in total. The largest absolute Gasteiger partial charge is 0.497 e. The van der Waals surface area contributed by atoms with Gasteiger partial charge in [0.15, 0.2) is 0 Å². The number of benzene rings is 1. The number of carbonyl (C=O) groups is 1. The Balaban J connectivity index is 1.44. The van der Waals surface area contributed by atoms with E-state index in [1.807, 2.05) is 11.0 Å². The van der Waals surface area contributed by atoms with Gasteiger partial charge in [0.2, 0.25) is 5.91 Å². The predicted octanol–water partition coefficient (Wildman–Crippen LogP) is 2.25. The number of aliphatic hydroxyl groups excluding tert-OH is 1. The summed E-state index contributed by atoms with van der Waals surface area (Å²) in [5.74, 6) is 1.71. The summed E-state index contributed by atoms with van der Waals surface area (Å²) in [6.45, 7) is 9.14. The van der Waals surface area contributed by atoms with Gasteiger partial charge in [-0.2, -0.15) is 0 Å². The third kappa shape index (κ3) is 6.96. The second kappa shape index (κ2) is 11.7. The lowest BCUT2D eigenvalue weighted by Crippen LogP contribution is -2.47. The molecular weight excluding hydrogens is 378 g/mol. The minimum absolute atomic E-state index is 0.191. The third-order valence-electron chi connectivity index (χ3n) is 6.58. The zero-order valence-corrected chi connectivity index (χ0v) is 18.8. The number of amides is 1. The summed E-state index contributed by atoms with van der Waals surface area (Å²) < 4.78 is 5.33. The van der Waals surface area contributed by atoms with Crippen LogP contribution in [0.25, 0.3) is 0 Å². The summed E-state index contributed by atoms with van der Waals surface area (Å²) in [4.78, 5) is 19.6. The van der Waals surface area contributed by atoms with E-state index in [9.17, 15) is 9.90 Å². The van der Waals surface area contributed by atoms with Crippen LogP contribution in [0.2, 0.25) is 0 Å². The molecule has 30 heavy (non-hydrogen) atoms. The van der Waals surface area contributed by atoms with Gasteiger partial charge >= 0.3 is 0 Å². The topological polar surface area (TPSA) is 56.2 Å². The molecule has 0 aliphatic carbocycles. The molecule has 2 fully saturated rings. The fourth-order valence-electron chi connectivity index (χ4n) is 4.71. The van der Waals surface area contributed by atoms with Gasteiger partial charge < -0.3 is 19.6 Å².